The minimum absolute atomic E-state index is 0.261. The molecule has 10 heteroatoms. The highest BCUT2D eigenvalue weighted by atomic mass is 32.2. The third-order valence-corrected chi connectivity index (χ3v) is 4.69. The first-order chi connectivity index (χ1) is 13.8. The van der Waals surface area contributed by atoms with Crippen LogP contribution in [0.15, 0.2) is 41.6 Å². The Balaban J connectivity index is 1.61. The molecular formula is C19H14F4N4OS. The van der Waals surface area contributed by atoms with E-state index in [1.54, 1.807) is 24.3 Å². The summed E-state index contributed by atoms with van der Waals surface area (Å²) in [5, 5.41) is 8.37. The van der Waals surface area contributed by atoms with E-state index in [4.69, 9.17) is 0 Å². The largest absolute Gasteiger partial charge is 0.323 e. The molecule has 2 N–H and O–H groups in total. The molecule has 1 unspecified atom stereocenters. The number of hydrogen-bond acceptors (Lipinski definition) is 4. The first-order valence-electron chi connectivity index (χ1n) is 8.30. The Bertz CT molecular complexity index is 1050. The number of nitrogens with zero attached hydrogens (tertiary/aromatic N) is 2. The number of nitrogens with one attached hydrogen (secondary N) is 2. The lowest BCUT2D eigenvalue weighted by molar-refractivity contribution is -0.115. The molecule has 150 valence electrons. The number of hydrogen-bond donors (Lipinski definition) is 2. The molecule has 0 aliphatic heterocycles. The quantitative estimate of drug-likeness (QED) is 0.345. The van der Waals surface area contributed by atoms with E-state index < -0.39 is 34.3 Å². The molecule has 2 aromatic carbocycles. The molecule has 3 rings (SSSR count). The van der Waals surface area contributed by atoms with Gasteiger partial charge in [-0.3, -0.25) is 9.89 Å². The van der Waals surface area contributed by atoms with Gasteiger partial charge in [-0.1, -0.05) is 30.0 Å². The Morgan fingerprint density at radius 1 is 1.07 bits per heavy atom. The van der Waals surface area contributed by atoms with Crippen LogP contribution in [0.4, 0.5) is 23.2 Å². The van der Waals surface area contributed by atoms with Crippen molar-refractivity contribution >= 4 is 35.5 Å². The first kappa shape index (κ1) is 20.6. The summed E-state index contributed by atoms with van der Waals surface area (Å²) in [4.78, 5) is 16.4. The number of carbonyl (C=O) groups excluding carboxylic acids is 1. The highest BCUT2D eigenvalue weighted by molar-refractivity contribution is 8.00. The van der Waals surface area contributed by atoms with Gasteiger partial charge in [0, 0.05) is 0 Å². The molecule has 0 saturated heterocycles. The standard InChI is InChI=1S/C19H14F4N4OS/c1-10(18(28)24-14-8-7-13(21)16(22)17(14)23)29-19-25-15(26-27-19)9-4-11-2-5-12(20)6-3-11/h2-10H,1H3,(H,24,28)(H,25,26,27). The van der Waals surface area contributed by atoms with Crippen LogP contribution in [0, 0.1) is 23.3 Å². The molecule has 0 bridgehead atoms. The molecule has 1 aromatic heterocycles. The van der Waals surface area contributed by atoms with Crippen molar-refractivity contribution in [3.05, 3.63) is 71.1 Å². The van der Waals surface area contributed by atoms with Gasteiger partial charge in [0.25, 0.3) is 0 Å². The van der Waals surface area contributed by atoms with Crippen molar-refractivity contribution in [2.45, 2.75) is 17.3 Å². The topological polar surface area (TPSA) is 70.7 Å². The van der Waals surface area contributed by atoms with Crippen molar-refractivity contribution in [3.63, 3.8) is 0 Å². The lowest BCUT2D eigenvalue weighted by atomic mass is 10.2. The second kappa shape index (κ2) is 8.91. The molecule has 0 fully saturated rings. The van der Waals surface area contributed by atoms with Gasteiger partial charge in [-0.25, -0.2) is 22.5 Å². The number of H-pyrrole nitrogens is 1. The SMILES string of the molecule is CC(Sc1n[nH]c(C=Cc2ccc(F)cc2)n1)C(=O)Nc1ccc(F)c(F)c1F. The summed E-state index contributed by atoms with van der Waals surface area (Å²) >= 11 is 0.989. The fraction of sp³-hybridized carbons (Fsp3) is 0.105. The first-order valence-corrected chi connectivity index (χ1v) is 9.18. The van der Waals surface area contributed by atoms with Gasteiger partial charge in [-0.15, -0.1) is 5.10 Å². The van der Waals surface area contributed by atoms with Gasteiger partial charge in [0.2, 0.25) is 11.1 Å². The Morgan fingerprint density at radius 3 is 2.52 bits per heavy atom. The average Bonchev–Trinajstić information content (AvgIpc) is 3.15. The smallest absolute Gasteiger partial charge is 0.237 e. The van der Waals surface area contributed by atoms with Crippen LogP contribution in [0.25, 0.3) is 12.2 Å². The monoisotopic (exact) mass is 422 g/mol. The highest BCUT2D eigenvalue weighted by Crippen LogP contribution is 2.23. The number of benzene rings is 2. The number of halogens is 4. The predicted molar refractivity (Wildman–Crippen MR) is 102 cm³/mol. The molecular weight excluding hydrogens is 408 g/mol. The second-order valence-electron chi connectivity index (χ2n) is 5.86. The average molecular weight is 422 g/mol. The fourth-order valence-corrected chi connectivity index (χ4v) is 2.93. The summed E-state index contributed by atoms with van der Waals surface area (Å²) < 4.78 is 52.8. The van der Waals surface area contributed by atoms with Crippen LogP contribution in [0.1, 0.15) is 18.3 Å². The van der Waals surface area contributed by atoms with Crippen LogP contribution in [-0.4, -0.2) is 26.3 Å². The normalized spacial score (nSPS) is 12.3. The van der Waals surface area contributed by atoms with E-state index >= 15 is 0 Å². The van der Waals surface area contributed by atoms with Crippen LogP contribution in [0.2, 0.25) is 0 Å². The predicted octanol–water partition coefficient (Wildman–Crippen LogP) is 4.65. The zero-order valence-electron chi connectivity index (χ0n) is 14.9. The van der Waals surface area contributed by atoms with E-state index in [1.165, 1.54) is 19.1 Å². The van der Waals surface area contributed by atoms with Gasteiger partial charge in [0.1, 0.15) is 11.6 Å². The van der Waals surface area contributed by atoms with Gasteiger partial charge in [-0.05, 0) is 42.8 Å². The number of anilines is 1. The Labute approximate surface area is 167 Å². The van der Waals surface area contributed by atoms with Crippen LogP contribution in [0.3, 0.4) is 0 Å². The van der Waals surface area contributed by atoms with Gasteiger partial charge in [-0.2, -0.15) is 0 Å². The number of amides is 1. The van der Waals surface area contributed by atoms with E-state index in [9.17, 15) is 22.4 Å². The van der Waals surface area contributed by atoms with Gasteiger partial charge < -0.3 is 5.32 Å². The van der Waals surface area contributed by atoms with Gasteiger partial charge >= 0.3 is 0 Å². The number of thioether (sulfide) groups is 1. The Kier molecular flexibility index (Phi) is 6.32. The van der Waals surface area contributed by atoms with Crippen molar-refractivity contribution in [3.8, 4) is 0 Å². The van der Waals surface area contributed by atoms with Crippen molar-refractivity contribution in [1.29, 1.82) is 0 Å². The zero-order chi connectivity index (χ0) is 21.0. The number of rotatable bonds is 6. The van der Waals surface area contributed by atoms with E-state index in [0.29, 0.717) is 5.82 Å². The third kappa shape index (κ3) is 5.23. The molecule has 1 amide bonds. The lowest BCUT2D eigenvalue weighted by Crippen LogP contribution is -2.23. The maximum atomic E-state index is 13.7. The highest BCUT2D eigenvalue weighted by Gasteiger charge is 2.20. The fourth-order valence-electron chi connectivity index (χ4n) is 2.20. The molecule has 0 saturated carbocycles. The molecule has 0 aliphatic rings. The van der Waals surface area contributed by atoms with E-state index in [0.717, 1.165) is 29.5 Å². The third-order valence-electron chi connectivity index (χ3n) is 3.73. The van der Waals surface area contributed by atoms with Crippen LogP contribution < -0.4 is 5.32 Å². The maximum absolute atomic E-state index is 13.7. The van der Waals surface area contributed by atoms with E-state index in [1.807, 2.05) is 0 Å². The molecule has 5 nitrogen and oxygen atoms in total. The van der Waals surface area contributed by atoms with E-state index in [2.05, 4.69) is 20.5 Å². The van der Waals surface area contributed by atoms with Crippen molar-refractivity contribution in [2.24, 2.45) is 0 Å². The molecule has 0 aliphatic carbocycles. The Hall–Kier alpha value is -3.14. The number of aromatic amines is 1. The minimum atomic E-state index is -1.66. The van der Waals surface area contributed by atoms with Crippen molar-refractivity contribution < 1.29 is 22.4 Å². The number of carbonyl (C=O) groups is 1. The summed E-state index contributed by atoms with van der Waals surface area (Å²) in [5.74, 6) is -5.03. The van der Waals surface area contributed by atoms with Crippen molar-refractivity contribution in [1.82, 2.24) is 15.2 Å². The van der Waals surface area contributed by atoms with E-state index in [-0.39, 0.29) is 11.0 Å². The molecule has 29 heavy (non-hydrogen) atoms. The van der Waals surface area contributed by atoms with Gasteiger partial charge in [0.15, 0.2) is 17.5 Å². The summed E-state index contributed by atoms with van der Waals surface area (Å²) in [7, 11) is 0. The van der Waals surface area contributed by atoms with Gasteiger partial charge in [0.05, 0.1) is 10.9 Å². The molecule has 1 heterocycles. The summed E-state index contributed by atoms with van der Waals surface area (Å²) in [6.45, 7) is 1.53. The van der Waals surface area contributed by atoms with Crippen LogP contribution in [0.5, 0.6) is 0 Å². The molecule has 0 radical (unpaired) electrons. The minimum Gasteiger partial charge on any atom is -0.323 e. The number of aromatic nitrogens is 3. The summed E-state index contributed by atoms with van der Waals surface area (Å²) in [5.41, 5.74) is 0.303. The Morgan fingerprint density at radius 2 is 1.79 bits per heavy atom. The molecule has 0 spiro atoms. The maximum Gasteiger partial charge on any atom is 0.237 e. The van der Waals surface area contributed by atoms with Crippen LogP contribution >= 0.6 is 11.8 Å². The van der Waals surface area contributed by atoms with Crippen LogP contribution in [-0.2, 0) is 4.79 Å². The second-order valence-corrected chi connectivity index (χ2v) is 7.17. The zero-order valence-corrected chi connectivity index (χ0v) is 15.7. The summed E-state index contributed by atoms with van der Waals surface area (Å²) in [6.07, 6.45) is 3.34. The molecule has 3 aromatic rings. The molecule has 1 atom stereocenters. The summed E-state index contributed by atoms with van der Waals surface area (Å²) in [6, 6.07) is 7.52. The van der Waals surface area contributed by atoms with Crippen molar-refractivity contribution in [2.75, 3.05) is 5.32 Å². The lowest BCUT2D eigenvalue weighted by Gasteiger charge is -2.11.